The Labute approximate surface area is 115 Å². The van der Waals surface area contributed by atoms with Gasteiger partial charge >= 0.3 is 0 Å². The zero-order valence-electron chi connectivity index (χ0n) is 11.8. The number of para-hydroxylation sites is 1. The first-order valence-electron chi connectivity index (χ1n) is 7.03. The van der Waals surface area contributed by atoms with Crippen LogP contribution in [0.4, 0.5) is 5.69 Å². The largest absolute Gasteiger partial charge is 0.380 e. The van der Waals surface area contributed by atoms with Gasteiger partial charge in [-0.05, 0) is 30.4 Å². The van der Waals surface area contributed by atoms with Crippen LogP contribution in [0, 0.1) is 5.92 Å². The first-order valence-corrected chi connectivity index (χ1v) is 7.03. The van der Waals surface area contributed by atoms with Gasteiger partial charge in [0, 0.05) is 18.3 Å². The van der Waals surface area contributed by atoms with Crippen molar-refractivity contribution in [1.29, 1.82) is 0 Å². The second kappa shape index (κ2) is 6.45. The molecule has 1 aliphatic heterocycles. The van der Waals surface area contributed by atoms with Crippen molar-refractivity contribution in [3.8, 4) is 0 Å². The molecular formula is C15H24N4. The van der Waals surface area contributed by atoms with Gasteiger partial charge < -0.3 is 16.4 Å². The number of hydrogen-bond acceptors (Lipinski definition) is 2. The van der Waals surface area contributed by atoms with E-state index in [2.05, 4.69) is 53.7 Å². The highest BCUT2D eigenvalue weighted by molar-refractivity contribution is 5.77. The topological polar surface area (TPSA) is 62.4 Å². The molecule has 0 aromatic heterocycles. The Morgan fingerprint density at radius 1 is 1.47 bits per heavy atom. The standard InChI is InChI=1S/C15H24N4/c1-11(2)7-8-17-15(16)18-10-13-9-12-5-3-4-6-14(12)19-13/h3-6,11,13,19H,7-10H2,1-2H3,(H3,16,17,18). The Hall–Kier alpha value is -1.71. The van der Waals surface area contributed by atoms with Crippen molar-refractivity contribution in [2.24, 2.45) is 16.6 Å². The molecule has 1 heterocycles. The molecule has 19 heavy (non-hydrogen) atoms. The van der Waals surface area contributed by atoms with Crippen LogP contribution in [-0.4, -0.2) is 25.1 Å². The minimum absolute atomic E-state index is 0.364. The summed E-state index contributed by atoms with van der Waals surface area (Å²) in [6.45, 7) is 6.02. The molecule has 0 amide bonds. The van der Waals surface area contributed by atoms with Crippen molar-refractivity contribution in [3.63, 3.8) is 0 Å². The number of nitrogens with two attached hydrogens (primary N) is 1. The molecule has 1 aromatic carbocycles. The number of benzene rings is 1. The minimum atomic E-state index is 0.364. The maximum Gasteiger partial charge on any atom is 0.188 e. The Kier molecular flexibility index (Phi) is 4.66. The third-order valence-corrected chi connectivity index (χ3v) is 3.35. The summed E-state index contributed by atoms with van der Waals surface area (Å²) in [4.78, 5) is 4.41. The maximum absolute atomic E-state index is 5.85. The number of aliphatic imine (C=N–C) groups is 1. The molecule has 4 N–H and O–H groups in total. The Balaban J connectivity index is 1.74. The fourth-order valence-corrected chi connectivity index (χ4v) is 2.24. The highest BCUT2D eigenvalue weighted by atomic mass is 15.1. The highest BCUT2D eigenvalue weighted by Crippen LogP contribution is 2.24. The second-order valence-electron chi connectivity index (χ2n) is 5.54. The summed E-state index contributed by atoms with van der Waals surface area (Å²) >= 11 is 0. The second-order valence-corrected chi connectivity index (χ2v) is 5.54. The number of hydrogen-bond donors (Lipinski definition) is 3. The lowest BCUT2D eigenvalue weighted by Crippen LogP contribution is -2.34. The van der Waals surface area contributed by atoms with Crippen LogP contribution in [0.25, 0.3) is 0 Å². The first-order chi connectivity index (χ1) is 9.15. The average Bonchev–Trinajstić information content (AvgIpc) is 2.78. The van der Waals surface area contributed by atoms with Gasteiger partial charge in [0.1, 0.15) is 0 Å². The van der Waals surface area contributed by atoms with Crippen LogP contribution < -0.4 is 16.4 Å². The van der Waals surface area contributed by atoms with Crippen molar-refractivity contribution < 1.29 is 0 Å². The molecule has 1 atom stereocenters. The fraction of sp³-hybridized carbons (Fsp3) is 0.533. The molecule has 0 saturated carbocycles. The van der Waals surface area contributed by atoms with E-state index in [0.717, 1.165) is 25.9 Å². The summed E-state index contributed by atoms with van der Waals surface area (Å²) in [6.07, 6.45) is 2.14. The van der Waals surface area contributed by atoms with E-state index >= 15 is 0 Å². The van der Waals surface area contributed by atoms with Gasteiger partial charge in [0.2, 0.25) is 0 Å². The predicted molar refractivity (Wildman–Crippen MR) is 81.5 cm³/mol. The smallest absolute Gasteiger partial charge is 0.188 e. The highest BCUT2D eigenvalue weighted by Gasteiger charge is 2.19. The molecule has 1 aliphatic rings. The molecular weight excluding hydrogens is 236 g/mol. The molecule has 2 rings (SSSR count). The summed E-state index contributed by atoms with van der Waals surface area (Å²) in [5, 5.41) is 6.63. The first kappa shape index (κ1) is 13.7. The quantitative estimate of drug-likeness (QED) is 0.560. The van der Waals surface area contributed by atoms with E-state index < -0.39 is 0 Å². The Morgan fingerprint density at radius 2 is 2.26 bits per heavy atom. The normalized spacial score (nSPS) is 18.3. The zero-order chi connectivity index (χ0) is 13.7. The third-order valence-electron chi connectivity index (χ3n) is 3.35. The van der Waals surface area contributed by atoms with Crippen LogP contribution in [0.3, 0.4) is 0 Å². The maximum atomic E-state index is 5.85. The third kappa shape index (κ3) is 4.16. The summed E-state index contributed by atoms with van der Waals surface area (Å²) in [6, 6.07) is 8.77. The summed E-state index contributed by atoms with van der Waals surface area (Å²) < 4.78 is 0. The molecule has 104 valence electrons. The van der Waals surface area contributed by atoms with E-state index in [0.29, 0.717) is 17.9 Å². The van der Waals surface area contributed by atoms with Crippen molar-refractivity contribution in [3.05, 3.63) is 29.8 Å². The van der Waals surface area contributed by atoms with E-state index in [4.69, 9.17) is 5.73 Å². The molecule has 0 spiro atoms. The van der Waals surface area contributed by atoms with Crippen molar-refractivity contribution in [1.82, 2.24) is 5.32 Å². The van der Waals surface area contributed by atoms with E-state index in [1.165, 1.54) is 11.3 Å². The Morgan fingerprint density at radius 3 is 3.00 bits per heavy atom. The van der Waals surface area contributed by atoms with E-state index in [9.17, 15) is 0 Å². The van der Waals surface area contributed by atoms with Gasteiger partial charge in [0.15, 0.2) is 5.96 Å². The number of rotatable bonds is 5. The van der Waals surface area contributed by atoms with Gasteiger partial charge in [-0.1, -0.05) is 32.0 Å². The SMILES string of the molecule is CC(C)CCNC(N)=NCC1Cc2ccccc2N1. The lowest BCUT2D eigenvalue weighted by molar-refractivity contribution is 0.576. The Bertz CT molecular complexity index is 415. The summed E-state index contributed by atoms with van der Waals surface area (Å²) in [7, 11) is 0. The number of fused-ring (bicyclic) bond motifs is 1. The van der Waals surface area contributed by atoms with Gasteiger partial charge in [-0.15, -0.1) is 0 Å². The molecule has 1 unspecified atom stereocenters. The molecule has 0 bridgehead atoms. The van der Waals surface area contributed by atoms with Gasteiger partial charge in [-0.25, -0.2) is 0 Å². The molecule has 0 radical (unpaired) electrons. The predicted octanol–water partition coefficient (Wildman–Crippen LogP) is 1.97. The van der Waals surface area contributed by atoms with Crippen LogP contribution in [-0.2, 0) is 6.42 Å². The number of anilines is 1. The van der Waals surface area contributed by atoms with Crippen molar-refractivity contribution >= 4 is 11.6 Å². The summed E-state index contributed by atoms with van der Waals surface area (Å²) in [5.74, 6) is 1.24. The lowest BCUT2D eigenvalue weighted by Gasteiger charge is -2.10. The van der Waals surface area contributed by atoms with E-state index in [1.54, 1.807) is 0 Å². The van der Waals surface area contributed by atoms with E-state index in [-0.39, 0.29) is 0 Å². The molecule has 4 nitrogen and oxygen atoms in total. The van der Waals surface area contributed by atoms with Gasteiger partial charge in [0.05, 0.1) is 6.54 Å². The number of nitrogens with zero attached hydrogens (tertiary/aromatic N) is 1. The molecule has 0 fully saturated rings. The number of guanidine groups is 1. The van der Waals surface area contributed by atoms with Crippen LogP contribution in [0.1, 0.15) is 25.8 Å². The van der Waals surface area contributed by atoms with Crippen LogP contribution >= 0.6 is 0 Å². The fourth-order valence-electron chi connectivity index (χ4n) is 2.24. The van der Waals surface area contributed by atoms with Crippen LogP contribution in [0.5, 0.6) is 0 Å². The van der Waals surface area contributed by atoms with E-state index in [1.807, 2.05) is 0 Å². The van der Waals surface area contributed by atoms with Crippen LogP contribution in [0.15, 0.2) is 29.3 Å². The molecule has 0 saturated heterocycles. The van der Waals surface area contributed by atoms with Crippen LogP contribution in [0.2, 0.25) is 0 Å². The lowest BCUT2D eigenvalue weighted by atomic mass is 10.1. The minimum Gasteiger partial charge on any atom is -0.380 e. The molecule has 1 aromatic rings. The van der Waals surface area contributed by atoms with Gasteiger partial charge in [-0.2, -0.15) is 0 Å². The van der Waals surface area contributed by atoms with Gasteiger partial charge in [0.25, 0.3) is 0 Å². The zero-order valence-corrected chi connectivity index (χ0v) is 11.8. The average molecular weight is 260 g/mol. The van der Waals surface area contributed by atoms with Gasteiger partial charge in [-0.3, -0.25) is 4.99 Å². The number of nitrogens with one attached hydrogen (secondary N) is 2. The molecule has 4 heteroatoms. The monoisotopic (exact) mass is 260 g/mol. The molecule has 0 aliphatic carbocycles. The van der Waals surface area contributed by atoms with Crippen molar-refractivity contribution in [2.45, 2.75) is 32.7 Å². The van der Waals surface area contributed by atoms with Crippen molar-refractivity contribution in [2.75, 3.05) is 18.4 Å². The summed E-state index contributed by atoms with van der Waals surface area (Å²) in [5.41, 5.74) is 8.45.